The Balaban J connectivity index is 2.79. The number of hydrogen-bond acceptors (Lipinski definition) is 3. The monoisotopic (exact) mass is 237 g/mol. The summed E-state index contributed by atoms with van der Waals surface area (Å²) in [5, 5.41) is 10.9. The van der Waals surface area contributed by atoms with E-state index in [9.17, 15) is 9.18 Å². The van der Waals surface area contributed by atoms with Crippen molar-refractivity contribution in [2.75, 3.05) is 13.7 Å². The third-order valence-electron chi connectivity index (χ3n) is 1.97. The minimum Gasteiger partial charge on any atom is -0.453 e. The summed E-state index contributed by atoms with van der Waals surface area (Å²) in [4.78, 5) is 10.8. The first-order chi connectivity index (χ1) is 8.17. The molecule has 0 aliphatic carbocycles. The first-order valence-corrected chi connectivity index (χ1v) is 4.87. The van der Waals surface area contributed by atoms with Crippen LogP contribution in [-0.4, -0.2) is 24.9 Å². The van der Waals surface area contributed by atoms with Crippen molar-refractivity contribution >= 4 is 6.09 Å². The van der Waals surface area contributed by atoms with Crippen molar-refractivity contribution in [2.24, 2.45) is 0 Å². The fourth-order valence-corrected chi connectivity index (χ4v) is 1.17. The van der Waals surface area contributed by atoms with Gasteiger partial charge in [-0.3, -0.25) is 0 Å². The van der Waals surface area contributed by atoms with Crippen LogP contribution in [0.15, 0.2) is 18.2 Å². The number of ether oxygens (including phenoxy) is 1. The van der Waals surface area contributed by atoms with Crippen LogP contribution in [0.5, 0.6) is 0 Å². The summed E-state index contributed by atoms with van der Waals surface area (Å²) < 4.78 is 17.7. The average Bonchev–Trinajstić information content (AvgIpc) is 2.35. The van der Waals surface area contributed by atoms with Gasteiger partial charge in [0.1, 0.15) is 12.4 Å². The number of alkyl carbamates (subject to hydrolysis) is 1. The minimum atomic E-state index is -0.628. The molecule has 4 nitrogen and oxygen atoms in total. The molecule has 0 spiro atoms. The lowest BCUT2D eigenvalue weighted by molar-refractivity contribution is 0.170. The van der Waals surface area contributed by atoms with Gasteiger partial charge in [-0.15, -0.1) is 0 Å². The van der Waals surface area contributed by atoms with Crippen molar-refractivity contribution in [1.82, 2.24) is 5.32 Å². The molecule has 0 aromatic heterocycles. The summed E-state index contributed by atoms with van der Waals surface area (Å²) >= 11 is 0. The van der Waals surface area contributed by atoms with Crippen LogP contribution in [0, 0.1) is 17.7 Å². The van der Waals surface area contributed by atoms with E-state index >= 15 is 0 Å². The van der Waals surface area contributed by atoms with Gasteiger partial charge >= 0.3 is 6.09 Å². The molecule has 0 aliphatic heterocycles. The summed E-state index contributed by atoms with van der Waals surface area (Å²) in [7, 11) is 1.23. The van der Waals surface area contributed by atoms with Crippen molar-refractivity contribution in [3.05, 3.63) is 35.1 Å². The Morgan fingerprint density at radius 2 is 2.35 bits per heavy atom. The summed E-state index contributed by atoms with van der Waals surface area (Å²) in [6, 6.07) is 4.27. The molecule has 5 heteroatoms. The maximum Gasteiger partial charge on any atom is 0.407 e. The van der Waals surface area contributed by atoms with E-state index in [-0.39, 0.29) is 13.2 Å². The third-order valence-corrected chi connectivity index (χ3v) is 1.97. The van der Waals surface area contributed by atoms with E-state index in [0.29, 0.717) is 11.1 Å². The molecular weight excluding hydrogens is 225 g/mol. The van der Waals surface area contributed by atoms with Gasteiger partial charge in [-0.1, -0.05) is 11.8 Å². The van der Waals surface area contributed by atoms with Gasteiger partial charge in [0.25, 0.3) is 0 Å². The quantitative estimate of drug-likeness (QED) is 0.755. The van der Waals surface area contributed by atoms with Crippen molar-refractivity contribution < 1.29 is 19.0 Å². The SMILES string of the molecule is COC(=O)NCc1cc(C#CCO)ccc1F. The summed E-state index contributed by atoms with van der Waals surface area (Å²) in [6.07, 6.45) is -0.628. The number of carbonyl (C=O) groups is 1. The highest BCUT2D eigenvalue weighted by Gasteiger charge is 2.05. The lowest BCUT2D eigenvalue weighted by Gasteiger charge is -2.05. The molecule has 1 amide bonds. The molecule has 0 bridgehead atoms. The van der Waals surface area contributed by atoms with E-state index in [1.807, 2.05) is 0 Å². The van der Waals surface area contributed by atoms with Crippen molar-refractivity contribution in [3.8, 4) is 11.8 Å². The van der Waals surface area contributed by atoms with Crippen LogP contribution in [0.1, 0.15) is 11.1 Å². The summed E-state index contributed by atoms with van der Waals surface area (Å²) in [5.41, 5.74) is 0.877. The van der Waals surface area contributed by atoms with Gasteiger partial charge in [0.15, 0.2) is 0 Å². The molecule has 17 heavy (non-hydrogen) atoms. The van der Waals surface area contributed by atoms with E-state index < -0.39 is 11.9 Å². The van der Waals surface area contributed by atoms with E-state index in [1.165, 1.54) is 25.3 Å². The fourth-order valence-electron chi connectivity index (χ4n) is 1.17. The van der Waals surface area contributed by atoms with Gasteiger partial charge in [0, 0.05) is 17.7 Å². The first-order valence-electron chi connectivity index (χ1n) is 4.87. The van der Waals surface area contributed by atoms with Gasteiger partial charge in [-0.2, -0.15) is 0 Å². The zero-order chi connectivity index (χ0) is 12.7. The van der Waals surface area contributed by atoms with Gasteiger partial charge in [0.2, 0.25) is 0 Å². The maximum atomic E-state index is 13.4. The fraction of sp³-hybridized carbons (Fsp3) is 0.250. The van der Waals surface area contributed by atoms with E-state index in [2.05, 4.69) is 21.9 Å². The lowest BCUT2D eigenvalue weighted by atomic mass is 10.1. The average molecular weight is 237 g/mol. The number of amides is 1. The second-order valence-corrected chi connectivity index (χ2v) is 3.11. The minimum absolute atomic E-state index is 0.0210. The number of aliphatic hydroxyl groups excluding tert-OH is 1. The normalized spacial score (nSPS) is 9.12. The second kappa shape index (κ2) is 6.51. The second-order valence-electron chi connectivity index (χ2n) is 3.11. The van der Waals surface area contributed by atoms with E-state index in [1.54, 1.807) is 0 Å². The Labute approximate surface area is 98.4 Å². The number of rotatable bonds is 2. The predicted molar refractivity (Wildman–Crippen MR) is 59.6 cm³/mol. The van der Waals surface area contributed by atoms with Crippen LogP contribution >= 0.6 is 0 Å². The standard InChI is InChI=1S/C12H12FNO3/c1-17-12(16)14-8-10-7-9(3-2-6-15)4-5-11(10)13/h4-5,7,15H,6,8H2,1H3,(H,14,16). The number of halogens is 1. The Hall–Kier alpha value is -2.06. The van der Waals surface area contributed by atoms with Crippen LogP contribution in [0.3, 0.4) is 0 Å². The first kappa shape index (κ1) is 13.0. The molecule has 0 fully saturated rings. The maximum absolute atomic E-state index is 13.4. The molecule has 1 aromatic carbocycles. The molecule has 0 saturated carbocycles. The number of aliphatic hydroxyl groups is 1. The molecule has 0 saturated heterocycles. The Kier molecular flexibility index (Phi) is 4.98. The van der Waals surface area contributed by atoms with Gasteiger partial charge < -0.3 is 15.2 Å². The number of nitrogens with one attached hydrogen (secondary N) is 1. The highest BCUT2D eigenvalue weighted by atomic mass is 19.1. The third kappa shape index (κ3) is 4.13. The highest BCUT2D eigenvalue weighted by Crippen LogP contribution is 2.09. The summed E-state index contributed by atoms with van der Waals surface area (Å²) in [6.45, 7) is -0.236. The molecule has 0 radical (unpaired) electrons. The summed E-state index contributed by atoms with van der Waals surface area (Å²) in [5.74, 6) is 4.68. The lowest BCUT2D eigenvalue weighted by Crippen LogP contribution is -2.22. The number of benzene rings is 1. The largest absolute Gasteiger partial charge is 0.453 e. The molecule has 0 heterocycles. The van der Waals surface area contributed by atoms with Crippen molar-refractivity contribution in [3.63, 3.8) is 0 Å². The predicted octanol–water partition coefficient (Wildman–Crippen LogP) is 1.03. The zero-order valence-corrected chi connectivity index (χ0v) is 9.29. The number of carbonyl (C=O) groups excluding carboxylic acids is 1. The zero-order valence-electron chi connectivity index (χ0n) is 9.29. The highest BCUT2D eigenvalue weighted by molar-refractivity contribution is 5.66. The molecule has 0 atom stereocenters. The molecule has 0 aliphatic rings. The molecular formula is C12H12FNO3. The van der Waals surface area contributed by atoms with Crippen LogP contribution in [-0.2, 0) is 11.3 Å². The molecule has 0 unspecified atom stereocenters. The smallest absolute Gasteiger partial charge is 0.407 e. The van der Waals surface area contributed by atoms with Crippen LogP contribution in [0.2, 0.25) is 0 Å². The molecule has 1 aromatic rings. The van der Waals surface area contributed by atoms with Crippen LogP contribution < -0.4 is 5.32 Å². The molecule has 1 rings (SSSR count). The van der Waals surface area contributed by atoms with Crippen LogP contribution in [0.4, 0.5) is 9.18 Å². The van der Waals surface area contributed by atoms with Gasteiger partial charge in [0.05, 0.1) is 7.11 Å². The van der Waals surface area contributed by atoms with Gasteiger partial charge in [-0.05, 0) is 18.2 Å². The number of methoxy groups -OCH3 is 1. The Bertz CT molecular complexity index is 463. The Morgan fingerprint density at radius 1 is 1.59 bits per heavy atom. The van der Waals surface area contributed by atoms with E-state index in [0.717, 1.165) is 0 Å². The van der Waals surface area contributed by atoms with Crippen molar-refractivity contribution in [2.45, 2.75) is 6.54 Å². The van der Waals surface area contributed by atoms with Crippen LogP contribution in [0.25, 0.3) is 0 Å². The molecule has 90 valence electrons. The Morgan fingerprint density at radius 3 is 3.00 bits per heavy atom. The van der Waals surface area contributed by atoms with Crippen molar-refractivity contribution in [1.29, 1.82) is 0 Å². The van der Waals surface area contributed by atoms with Gasteiger partial charge in [-0.25, -0.2) is 9.18 Å². The topological polar surface area (TPSA) is 58.6 Å². The molecule has 2 N–H and O–H groups in total. The number of hydrogen-bond donors (Lipinski definition) is 2. The van der Waals surface area contributed by atoms with E-state index in [4.69, 9.17) is 5.11 Å².